The second-order valence-corrected chi connectivity index (χ2v) is 3.83. The van der Waals surface area contributed by atoms with Gasteiger partial charge in [-0.1, -0.05) is 12.1 Å². The number of nitrogens with two attached hydrogens (primary N) is 1. The Balaban J connectivity index is 2.08. The van der Waals surface area contributed by atoms with Gasteiger partial charge >= 0.3 is 0 Å². The SMILES string of the molecule is COc1cc(N)ccc1OCc1ccc(F)cc1. The third-order valence-corrected chi connectivity index (χ3v) is 2.50. The van der Waals surface area contributed by atoms with Crippen molar-refractivity contribution in [3.63, 3.8) is 0 Å². The van der Waals surface area contributed by atoms with Gasteiger partial charge < -0.3 is 15.2 Å². The topological polar surface area (TPSA) is 44.5 Å². The minimum Gasteiger partial charge on any atom is -0.493 e. The molecule has 0 bridgehead atoms. The maximum Gasteiger partial charge on any atom is 0.162 e. The van der Waals surface area contributed by atoms with Gasteiger partial charge in [0.15, 0.2) is 11.5 Å². The average Bonchev–Trinajstić information content (AvgIpc) is 2.39. The highest BCUT2D eigenvalue weighted by molar-refractivity contribution is 5.51. The molecule has 2 rings (SSSR count). The number of hydrogen-bond donors (Lipinski definition) is 1. The summed E-state index contributed by atoms with van der Waals surface area (Å²) in [6, 6.07) is 11.3. The van der Waals surface area contributed by atoms with Crippen molar-refractivity contribution < 1.29 is 13.9 Å². The molecule has 2 aromatic carbocycles. The van der Waals surface area contributed by atoms with Gasteiger partial charge in [0.25, 0.3) is 0 Å². The van der Waals surface area contributed by atoms with Gasteiger partial charge in [-0.05, 0) is 29.8 Å². The van der Waals surface area contributed by atoms with Crippen molar-refractivity contribution in [3.8, 4) is 11.5 Å². The van der Waals surface area contributed by atoms with E-state index in [0.717, 1.165) is 5.56 Å². The van der Waals surface area contributed by atoms with Crippen LogP contribution in [0.25, 0.3) is 0 Å². The lowest BCUT2D eigenvalue weighted by atomic mass is 10.2. The van der Waals surface area contributed by atoms with Gasteiger partial charge in [0.05, 0.1) is 7.11 Å². The normalized spacial score (nSPS) is 10.1. The molecule has 0 aliphatic heterocycles. The van der Waals surface area contributed by atoms with E-state index in [1.54, 1.807) is 37.4 Å². The molecule has 2 aromatic rings. The molecule has 0 heterocycles. The van der Waals surface area contributed by atoms with Crippen molar-refractivity contribution in [3.05, 3.63) is 53.8 Å². The number of rotatable bonds is 4. The standard InChI is InChI=1S/C14H14FNO2/c1-17-14-8-12(16)6-7-13(14)18-9-10-2-4-11(15)5-3-10/h2-8H,9,16H2,1H3. The lowest BCUT2D eigenvalue weighted by Crippen LogP contribution is -1.98. The molecule has 0 saturated heterocycles. The second kappa shape index (κ2) is 5.40. The first-order valence-corrected chi connectivity index (χ1v) is 5.50. The zero-order valence-corrected chi connectivity index (χ0v) is 10.0. The van der Waals surface area contributed by atoms with Gasteiger partial charge in [-0.15, -0.1) is 0 Å². The van der Waals surface area contributed by atoms with Gasteiger partial charge in [-0.3, -0.25) is 0 Å². The van der Waals surface area contributed by atoms with Gasteiger partial charge in [-0.2, -0.15) is 0 Å². The van der Waals surface area contributed by atoms with E-state index in [1.807, 2.05) is 0 Å². The van der Waals surface area contributed by atoms with E-state index in [9.17, 15) is 4.39 Å². The third kappa shape index (κ3) is 2.91. The van der Waals surface area contributed by atoms with Gasteiger partial charge in [-0.25, -0.2) is 4.39 Å². The van der Waals surface area contributed by atoms with Crippen LogP contribution in [0.2, 0.25) is 0 Å². The number of nitrogen functional groups attached to an aromatic ring is 1. The highest BCUT2D eigenvalue weighted by Gasteiger charge is 2.05. The Morgan fingerprint density at radius 1 is 1.06 bits per heavy atom. The van der Waals surface area contributed by atoms with Crippen LogP contribution in [0.3, 0.4) is 0 Å². The van der Waals surface area contributed by atoms with Crippen LogP contribution >= 0.6 is 0 Å². The van der Waals surface area contributed by atoms with Crippen LogP contribution in [0.5, 0.6) is 11.5 Å². The summed E-state index contributed by atoms with van der Waals surface area (Å²) in [7, 11) is 1.56. The molecular formula is C14H14FNO2. The molecule has 4 heteroatoms. The number of ether oxygens (including phenoxy) is 2. The van der Waals surface area contributed by atoms with Gasteiger partial charge in [0.2, 0.25) is 0 Å². The highest BCUT2D eigenvalue weighted by atomic mass is 19.1. The molecule has 0 radical (unpaired) electrons. The fourth-order valence-corrected chi connectivity index (χ4v) is 1.55. The smallest absolute Gasteiger partial charge is 0.162 e. The van der Waals surface area contributed by atoms with Crippen molar-refractivity contribution >= 4 is 5.69 Å². The Labute approximate surface area is 105 Å². The monoisotopic (exact) mass is 247 g/mol. The highest BCUT2D eigenvalue weighted by Crippen LogP contribution is 2.29. The van der Waals surface area contributed by atoms with E-state index in [1.165, 1.54) is 12.1 Å². The maximum absolute atomic E-state index is 12.7. The van der Waals surface area contributed by atoms with Gasteiger partial charge in [0.1, 0.15) is 12.4 Å². The van der Waals surface area contributed by atoms with Gasteiger partial charge in [0, 0.05) is 11.8 Å². The maximum atomic E-state index is 12.7. The molecule has 0 aliphatic carbocycles. The first-order valence-electron chi connectivity index (χ1n) is 5.50. The van der Waals surface area contributed by atoms with Crippen molar-refractivity contribution in [2.45, 2.75) is 6.61 Å². The summed E-state index contributed by atoms with van der Waals surface area (Å²) in [5.74, 6) is 0.928. The molecule has 0 fully saturated rings. The Bertz CT molecular complexity index is 526. The second-order valence-electron chi connectivity index (χ2n) is 3.83. The zero-order chi connectivity index (χ0) is 13.0. The van der Waals surface area contributed by atoms with Crippen molar-refractivity contribution in [1.29, 1.82) is 0 Å². The molecule has 0 aliphatic rings. The molecular weight excluding hydrogens is 233 g/mol. The molecule has 94 valence electrons. The molecule has 0 unspecified atom stereocenters. The Kier molecular flexibility index (Phi) is 3.67. The summed E-state index contributed by atoms with van der Waals surface area (Å²) in [4.78, 5) is 0. The molecule has 3 nitrogen and oxygen atoms in total. The summed E-state index contributed by atoms with van der Waals surface area (Å²) in [5, 5.41) is 0. The first-order chi connectivity index (χ1) is 8.69. The van der Waals surface area contributed by atoms with E-state index >= 15 is 0 Å². The van der Waals surface area contributed by atoms with E-state index in [2.05, 4.69) is 0 Å². The predicted octanol–water partition coefficient (Wildman–Crippen LogP) is 3.00. The number of benzene rings is 2. The minimum atomic E-state index is -0.260. The summed E-state index contributed by atoms with van der Waals surface area (Å²) in [6.07, 6.45) is 0. The molecule has 0 atom stereocenters. The minimum absolute atomic E-state index is 0.260. The molecule has 2 N–H and O–H groups in total. The Morgan fingerprint density at radius 3 is 2.44 bits per heavy atom. The molecule has 0 spiro atoms. The lowest BCUT2D eigenvalue weighted by Gasteiger charge is -2.11. The molecule has 0 aromatic heterocycles. The van der Waals surface area contributed by atoms with Crippen LogP contribution in [0, 0.1) is 5.82 Å². The van der Waals surface area contributed by atoms with Crippen molar-refractivity contribution in [2.24, 2.45) is 0 Å². The van der Waals surface area contributed by atoms with Crippen LogP contribution in [0.15, 0.2) is 42.5 Å². The molecule has 18 heavy (non-hydrogen) atoms. The quantitative estimate of drug-likeness (QED) is 0.845. The van der Waals surface area contributed by atoms with E-state index in [0.29, 0.717) is 23.8 Å². The van der Waals surface area contributed by atoms with Crippen molar-refractivity contribution in [2.75, 3.05) is 12.8 Å². The average molecular weight is 247 g/mol. The van der Waals surface area contributed by atoms with E-state index < -0.39 is 0 Å². The van der Waals surface area contributed by atoms with Crippen LogP contribution in [0.4, 0.5) is 10.1 Å². The third-order valence-electron chi connectivity index (χ3n) is 2.50. The van der Waals surface area contributed by atoms with Crippen LogP contribution in [0.1, 0.15) is 5.56 Å². The number of methoxy groups -OCH3 is 1. The van der Waals surface area contributed by atoms with Crippen LogP contribution < -0.4 is 15.2 Å². The first kappa shape index (κ1) is 12.2. The number of halogens is 1. The summed E-state index contributed by atoms with van der Waals surface area (Å²) in [5.41, 5.74) is 7.15. The lowest BCUT2D eigenvalue weighted by molar-refractivity contribution is 0.284. The molecule has 0 amide bonds. The van der Waals surface area contributed by atoms with E-state index in [4.69, 9.17) is 15.2 Å². The Hall–Kier alpha value is -2.23. The summed E-state index contributed by atoms with van der Waals surface area (Å²) in [6.45, 7) is 0.348. The summed E-state index contributed by atoms with van der Waals surface area (Å²) >= 11 is 0. The fourth-order valence-electron chi connectivity index (χ4n) is 1.55. The zero-order valence-electron chi connectivity index (χ0n) is 10.0. The number of hydrogen-bond acceptors (Lipinski definition) is 3. The largest absolute Gasteiger partial charge is 0.493 e. The molecule has 0 saturated carbocycles. The Morgan fingerprint density at radius 2 is 1.78 bits per heavy atom. The predicted molar refractivity (Wildman–Crippen MR) is 68.1 cm³/mol. The van der Waals surface area contributed by atoms with Crippen molar-refractivity contribution in [1.82, 2.24) is 0 Å². The summed E-state index contributed by atoms with van der Waals surface area (Å²) < 4.78 is 23.5. The van der Waals surface area contributed by atoms with Crippen LogP contribution in [-0.4, -0.2) is 7.11 Å². The van der Waals surface area contributed by atoms with Crippen LogP contribution in [-0.2, 0) is 6.61 Å². The fraction of sp³-hybridized carbons (Fsp3) is 0.143. The van der Waals surface area contributed by atoms with E-state index in [-0.39, 0.29) is 5.82 Å². The number of anilines is 1.